The van der Waals surface area contributed by atoms with Crippen molar-refractivity contribution in [1.82, 2.24) is 42.1 Å². The van der Waals surface area contributed by atoms with Crippen molar-refractivity contribution in [3.05, 3.63) is 0 Å². The lowest BCUT2D eigenvalue weighted by Gasteiger charge is -2.30. The number of carbonyl (C=O) groups is 12. The topological polar surface area (TPSA) is 516 Å². The van der Waals surface area contributed by atoms with Gasteiger partial charge in [-0.3, -0.25) is 62.5 Å². The molecule has 382 valence electrons. The molecule has 21 N–H and O–H groups in total. The number of aliphatic imine (C=N–C) groups is 1. The SMILES string of the molecule is CC(C)[C@H](NC(=O)[C@H](CCCN=C(N)N)NC(=O)[C@H](CO)NC(=O)[C@@H]1CCCN1C(=O)[C@H](CC(=O)O)NC(=O)[C@H](CCC(N)=O)NC(=O)[C@@H](NC(=O)[C@@H](N)CC(N)=O)[C@@H](C)O)C(=O)NCC(=O)O. The van der Waals surface area contributed by atoms with Crippen LogP contribution in [0.3, 0.4) is 0 Å². The number of rotatable bonds is 30. The number of primary amides is 2. The second kappa shape index (κ2) is 28.7. The molecule has 1 fully saturated rings. The summed E-state index contributed by atoms with van der Waals surface area (Å²) in [5, 5.41) is 54.9. The summed E-state index contributed by atoms with van der Waals surface area (Å²) in [6.45, 7) is 2.21. The van der Waals surface area contributed by atoms with Crippen molar-refractivity contribution >= 4 is 77.0 Å². The van der Waals surface area contributed by atoms with Crippen LogP contribution < -0.4 is 65.9 Å². The fourth-order valence-electron chi connectivity index (χ4n) is 6.51. The smallest absolute Gasteiger partial charge is 0.322 e. The zero-order valence-electron chi connectivity index (χ0n) is 37.7. The first-order chi connectivity index (χ1) is 31.7. The molecule has 0 saturated carbocycles. The summed E-state index contributed by atoms with van der Waals surface area (Å²) >= 11 is 0. The van der Waals surface area contributed by atoms with Gasteiger partial charge >= 0.3 is 11.9 Å². The van der Waals surface area contributed by atoms with E-state index in [0.29, 0.717) is 0 Å². The zero-order chi connectivity index (χ0) is 52.0. The highest BCUT2D eigenvalue weighted by Gasteiger charge is 2.41. The van der Waals surface area contributed by atoms with E-state index in [9.17, 15) is 72.9 Å². The molecule has 1 aliphatic heterocycles. The van der Waals surface area contributed by atoms with Crippen LogP contribution in [0.5, 0.6) is 0 Å². The van der Waals surface area contributed by atoms with Gasteiger partial charge in [0.15, 0.2) is 5.96 Å². The third-order valence-corrected chi connectivity index (χ3v) is 10.0. The van der Waals surface area contributed by atoms with Crippen LogP contribution in [0.25, 0.3) is 0 Å². The van der Waals surface area contributed by atoms with Crippen LogP contribution in [0.1, 0.15) is 72.1 Å². The molecule has 30 heteroatoms. The van der Waals surface area contributed by atoms with Crippen molar-refractivity contribution in [2.24, 2.45) is 39.6 Å². The summed E-state index contributed by atoms with van der Waals surface area (Å²) in [5.74, 6) is -14.3. The number of aliphatic hydroxyl groups is 2. The van der Waals surface area contributed by atoms with Crippen LogP contribution in [-0.4, -0.2) is 183 Å². The maximum absolute atomic E-state index is 14.0. The number of aliphatic hydroxyl groups excluding tert-OH is 2. The van der Waals surface area contributed by atoms with Crippen molar-refractivity contribution < 1.29 is 78.0 Å². The first-order valence-electron chi connectivity index (χ1n) is 21.2. The van der Waals surface area contributed by atoms with E-state index in [2.05, 4.69) is 42.2 Å². The molecular weight excluding hydrogens is 908 g/mol. The first kappa shape index (κ1) is 58.8. The number of nitrogens with two attached hydrogens (primary N) is 5. The van der Waals surface area contributed by atoms with Crippen molar-refractivity contribution in [2.75, 3.05) is 26.2 Å². The van der Waals surface area contributed by atoms with Gasteiger partial charge in [-0.15, -0.1) is 0 Å². The van der Waals surface area contributed by atoms with Crippen LogP contribution in [0.2, 0.25) is 0 Å². The van der Waals surface area contributed by atoms with Crippen molar-refractivity contribution in [3.63, 3.8) is 0 Å². The number of hydrogen-bond acceptors (Lipinski definition) is 16. The predicted molar refractivity (Wildman–Crippen MR) is 233 cm³/mol. The van der Waals surface area contributed by atoms with Crippen molar-refractivity contribution in [2.45, 2.75) is 127 Å². The lowest BCUT2D eigenvalue weighted by molar-refractivity contribution is -0.146. The minimum atomic E-state index is -1.93. The third-order valence-electron chi connectivity index (χ3n) is 10.0. The minimum absolute atomic E-state index is 0.00805. The van der Waals surface area contributed by atoms with E-state index >= 15 is 0 Å². The number of aliphatic carboxylic acids is 2. The number of nitrogens with one attached hydrogen (secondary N) is 7. The van der Waals surface area contributed by atoms with Gasteiger partial charge in [0.2, 0.25) is 59.1 Å². The lowest BCUT2D eigenvalue weighted by Crippen LogP contribution is -2.61. The number of carboxylic acids is 2. The molecule has 0 unspecified atom stereocenters. The number of guanidine groups is 1. The lowest BCUT2D eigenvalue weighted by atomic mass is 10.0. The Hall–Kier alpha value is -7.21. The highest BCUT2D eigenvalue weighted by molar-refractivity contribution is 5.99. The van der Waals surface area contributed by atoms with Gasteiger partial charge < -0.3 is 91.2 Å². The molecule has 0 aromatic carbocycles. The number of carbonyl (C=O) groups excluding carboxylic acids is 10. The molecule has 30 nitrogen and oxygen atoms in total. The summed E-state index contributed by atoms with van der Waals surface area (Å²) in [7, 11) is 0. The van der Waals surface area contributed by atoms with Crippen LogP contribution in [0, 0.1) is 5.92 Å². The largest absolute Gasteiger partial charge is 0.481 e. The van der Waals surface area contributed by atoms with E-state index in [1.165, 1.54) is 0 Å². The Bertz CT molecular complexity index is 1890. The molecule has 1 saturated heterocycles. The van der Waals surface area contributed by atoms with Crippen molar-refractivity contribution in [1.29, 1.82) is 0 Å². The number of carboxylic acid groups (broad SMARTS) is 2. The van der Waals surface area contributed by atoms with E-state index < -0.39 is 170 Å². The van der Waals surface area contributed by atoms with Gasteiger partial charge in [0, 0.05) is 19.5 Å². The van der Waals surface area contributed by atoms with E-state index in [1.54, 1.807) is 13.8 Å². The zero-order valence-corrected chi connectivity index (χ0v) is 37.7. The fourth-order valence-corrected chi connectivity index (χ4v) is 6.51. The standard InChI is InChI=1S/C38H64N14O16/c1-16(2)28(35(66)45-14-27(59)60)50-32(63)19(6-4-10-44-38(42)43)46-33(64)22(15-53)49-34(65)23-7-5-11-52(23)37(68)21(13-26(57)58)48-31(62)20(8-9-24(40)55)47-36(67)29(17(3)54)51-30(61)18(39)12-25(41)56/h16-23,28-29,53-54H,4-15,39H2,1-3H3,(H2,40,55)(H2,41,56)(H,45,66)(H,46,64)(H,47,67)(H,48,62)(H,49,65)(H,50,63)(H,51,61)(H,57,58)(H,59,60)(H4,42,43,44)/t17-,18+,19+,20+,21+,22+,23+,28+,29+/m1/s1. The number of nitrogens with zero attached hydrogens (tertiary/aromatic N) is 2. The molecule has 1 aliphatic rings. The van der Waals surface area contributed by atoms with Crippen molar-refractivity contribution in [3.8, 4) is 0 Å². The predicted octanol–water partition coefficient (Wildman–Crippen LogP) is -8.89. The molecule has 9 atom stereocenters. The first-order valence-corrected chi connectivity index (χ1v) is 21.2. The molecule has 1 rings (SSSR count). The summed E-state index contributed by atoms with van der Waals surface area (Å²) in [5.41, 5.74) is 26.6. The minimum Gasteiger partial charge on any atom is -0.481 e. The number of hydrogen-bond donors (Lipinski definition) is 16. The van der Waals surface area contributed by atoms with Crippen LogP contribution in [-0.2, 0) is 57.5 Å². The molecule has 10 amide bonds. The molecule has 0 aliphatic carbocycles. The maximum Gasteiger partial charge on any atom is 0.322 e. The monoisotopic (exact) mass is 972 g/mol. The fraction of sp³-hybridized carbons (Fsp3) is 0.658. The molecule has 0 aromatic rings. The molecule has 0 radical (unpaired) electrons. The molecule has 1 heterocycles. The Morgan fingerprint density at radius 1 is 0.662 bits per heavy atom. The van der Waals surface area contributed by atoms with E-state index in [-0.39, 0.29) is 44.7 Å². The Balaban J connectivity index is 3.34. The van der Waals surface area contributed by atoms with E-state index in [0.717, 1.165) is 11.8 Å². The third kappa shape index (κ3) is 20.5. The van der Waals surface area contributed by atoms with Gasteiger partial charge in [0.05, 0.1) is 31.6 Å². The Morgan fingerprint density at radius 3 is 1.75 bits per heavy atom. The average molecular weight is 973 g/mol. The quantitative estimate of drug-likeness (QED) is 0.0181. The van der Waals surface area contributed by atoms with Gasteiger partial charge in [0.1, 0.15) is 48.8 Å². The average Bonchev–Trinajstić information content (AvgIpc) is 3.74. The molecular formula is C38H64N14O16. The molecule has 68 heavy (non-hydrogen) atoms. The highest BCUT2D eigenvalue weighted by Crippen LogP contribution is 2.20. The number of amides is 10. The molecule has 0 spiro atoms. The molecule has 0 aromatic heterocycles. The Morgan fingerprint density at radius 2 is 1.22 bits per heavy atom. The number of likely N-dealkylation sites (tertiary alicyclic amines) is 1. The second-order valence-corrected chi connectivity index (χ2v) is 16.0. The Kier molecular flexibility index (Phi) is 24.9. The Labute approximate surface area is 389 Å². The maximum atomic E-state index is 14.0. The summed E-state index contributed by atoms with van der Waals surface area (Å²) < 4.78 is 0. The van der Waals surface area contributed by atoms with Gasteiger partial charge in [-0.05, 0) is 44.9 Å². The van der Waals surface area contributed by atoms with Gasteiger partial charge in [-0.1, -0.05) is 13.8 Å². The van der Waals surface area contributed by atoms with Crippen LogP contribution in [0.4, 0.5) is 0 Å². The van der Waals surface area contributed by atoms with E-state index in [4.69, 9.17) is 33.8 Å². The van der Waals surface area contributed by atoms with Crippen LogP contribution >= 0.6 is 0 Å². The van der Waals surface area contributed by atoms with Crippen LogP contribution in [0.15, 0.2) is 4.99 Å². The van der Waals surface area contributed by atoms with Gasteiger partial charge in [-0.2, -0.15) is 0 Å². The summed E-state index contributed by atoms with van der Waals surface area (Å²) in [4.78, 5) is 157. The highest BCUT2D eigenvalue weighted by atomic mass is 16.4. The van der Waals surface area contributed by atoms with Gasteiger partial charge in [-0.25, -0.2) is 0 Å². The molecule has 0 bridgehead atoms. The normalized spacial score (nSPS) is 16.7. The summed E-state index contributed by atoms with van der Waals surface area (Å²) in [6, 6.07) is -12.9. The summed E-state index contributed by atoms with van der Waals surface area (Å²) in [6.07, 6.45) is -4.42. The second-order valence-electron chi connectivity index (χ2n) is 16.0. The van der Waals surface area contributed by atoms with Gasteiger partial charge in [0.25, 0.3) is 0 Å². The van der Waals surface area contributed by atoms with E-state index in [1.807, 2.05) is 0 Å².